The predicted molar refractivity (Wildman–Crippen MR) is 335 cm³/mol. The quantitative estimate of drug-likeness (QED) is 0.0261. The third-order valence-corrected chi connectivity index (χ3v) is 15.3. The van der Waals surface area contributed by atoms with Crippen LogP contribution >= 0.6 is 0 Å². The Hall–Kier alpha value is -2.63. The lowest BCUT2D eigenvalue weighted by Crippen LogP contribution is -2.30. The van der Waals surface area contributed by atoms with E-state index in [1.807, 2.05) is 0 Å². The first-order chi connectivity index (χ1) is 38.0. The van der Waals surface area contributed by atoms with Crippen molar-refractivity contribution < 1.29 is 28.6 Å². The SMILES string of the molecule is CCC/C=C\CCCCCCCC(=O)OCC(COC(=O)CCCCCCCCCCCCCCCCCCCCC/C=C\C/C=C\CCCCCCC)OC(=O)CCCCCCCCC/C=C\CCCCCCCCC. The Kier molecular flexibility index (Phi) is 63.6. The Bertz CT molecular complexity index is 1330. The fourth-order valence-corrected chi connectivity index (χ4v) is 10.1. The summed E-state index contributed by atoms with van der Waals surface area (Å²) in [5.41, 5.74) is 0. The maximum absolute atomic E-state index is 12.9. The molecule has 0 saturated heterocycles. The molecule has 0 saturated carbocycles. The zero-order chi connectivity index (χ0) is 55.7. The van der Waals surface area contributed by atoms with Gasteiger partial charge < -0.3 is 14.2 Å². The Labute approximate surface area is 479 Å². The van der Waals surface area contributed by atoms with E-state index in [2.05, 4.69) is 69.4 Å². The van der Waals surface area contributed by atoms with E-state index in [1.165, 1.54) is 250 Å². The van der Waals surface area contributed by atoms with E-state index in [-0.39, 0.29) is 31.1 Å². The number of carbonyl (C=O) groups excluding carboxylic acids is 3. The van der Waals surface area contributed by atoms with Gasteiger partial charge in [-0.05, 0) is 96.3 Å². The second kappa shape index (κ2) is 65.9. The Morgan fingerprint density at radius 3 is 0.779 bits per heavy atom. The number of hydrogen-bond acceptors (Lipinski definition) is 6. The molecular formula is C71H130O6. The highest BCUT2D eigenvalue weighted by atomic mass is 16.6. The van der Waals surface area contributed by atoms with Gasteiger partial charge in [0.05, 0.1) is 0 Å². The van der Waals surface area contributed by atoms with Crippen LogP contribution in [0.5, 0.6) is 0 Å². The molecule has 1 unspecified atom stereocenters. The minimum Gasteiger partial charge on any atom is -0.462 e. The van der Waals surface area contributed by atoms with Crippen molar-refractivity contribution in [2.24, 2.45) is 0 Å². The van der Waals surface area contributed by atoms with E-state index >= 15 is 0 Å². The van der Waals surface area contributed by atoms with Gasteiger partial charge in [0.15, 0.2) is 6.10 Å². The molecule has 77 heavy (non-hydrogen) atoms. The van der Waals surface area contributed by atoms with Gasteiger partial charge in [-0.1, -0.05) is 301 Å². The molecule has 0 N–H and O–H groups in total. The monoisotopic (exact) mass is 1080 g/mol. The third kappa shape index (κ3) is 64.1. The second-order valence-electron chi connectivity index (χ2n) is 23.1. The predicted octanol–water partition coefficient (Wildman–Crippen LogP) is 23.3. The molecule has 1 atom stereocenters. The smallest absolute Gasteiger partial charge is 0.306 e. The van der Waals surface area contributed by atoms with Crippen molar-refractivity contribution in [3.63, 3.8) is 0 Å². The van der Waals surface area contributed by atoms with Gasteiger partial charge in [-0.2, -0.15) is 0 Å². The standard InChI is InChI=1S/C71H130O6/c1-4-7-10-13-16-19-22-24-26-28-30-31-32-33-34-35-36-37-38-39-40-41-42-44-45-47-49-52-55-58-61-64-70(73)76-67-68(66-75-69(72)63-60-57-54-51-21-18-15-12-9-6-3)77-71(74)65-62-59-56-53-50-48-46-43-29-27-25-23-20-17-14-11-8-5-2/h12,15,22,24,27-30,68H,4-11,13-14,16-21,23,25-26,31-67H2,1-3H3/b15-12-,24-22-,29-27-,30-28-. The second-order valence-corrected chi connectivity index (χ2v) is 23.1. The van der Waals surface area contributed by atoms with Crippen LogP contribution in [0.3, 0.4) is 0 Å². The summed E-state index contributed by atoms with van der Waals surface area (Å²) < 4.78 is 16.9. The number of rotatable bonds is 63. The van der Waals surface area contributed by atoms with Gasteiger partial charge >= 0.3 is 17.9 Å². The van der Waals surface area contributed by atoms with Crippen molar-refractivity contribution in [3.8, 4) is 0 Å². The molecule has 0 aromatic carbocycles. The van der Waals surface area contributed by atoms with Crippen molar-refractivity contribution in [1.29, 1.82) is 0 Å². The minimum absolute atomic E-state index is 0.0737. The molecule has 0 amide bonds. The lowest BCUT2D eigenvalue weighted by Gasteiger charge is -2.18. The van der Waals surface area contributed by atoms with E-state index in [4.69, 9.17) is 14.2 Å². The van der Waals surface area contributed by atoms with Gasteiger partial charge in [0, 0.05) is 19.3 Å². The number of esters is 3. The average molecular weight is 1080 g/mol. The van der Waals surface area contributed by atoms with Crippen molar-refractivity contribution in [1.82, 2.24) is 0 Å². The van der Waals surface area contributed by atoms with Gasteiger partial charge in [0.2, 0.25) is 0 Å². The molecule has 0 bridgehead atoms. The third-order valence-electron chi connectivity index (χ3n) is 15.3. The van der Waals surface area contributed by atoms with Gasteiger partial charge in [0.25, 0.3) is 0 Å². The number of ether oxygens (including phenoxy) is 3. The molecule has 0 radical (unpaired) electrons. The van der Waals surface area contributed by atoms with Crippen molar-refractivity contribution in [3.05, 3.63) is 48.6 Å². The highest BCUT2D eigenvalue weighted by molar-refractivity contribution is 5.71. The molecule has 450 valence electrons. The molecule has 0 aliphatic heterocycles. The van der Waals surface area contributed by atoms with Crippen LogP contribution in [-0.4, -0.2) is 37.2 Å². The Morgan fingerprint density at radius 1 is 0.260 bits per heavy atom. The first-order valence-electron chi connectivity index (χ1n) is 34.1. The lowest BCUT2D eigenvalue weighted by atomic mass is 10.0. The molecule has 6 nitrogen and oxygen atoms in total. The van der Waals surface area contributed by atoms with Crippen LogP contribution < -0.4 is 0 Å². The Balaban J connectivity index is 4.10. The van der Waals surface area contributed by atoms with Crippen molar-refractivity contribution in [2.45, 2.75) is 374 Å². The van der Waals surface area contributed by atoms with E-state index < -0.39 is 6.10 Å². The maximum Gasteiger partial charge on any atom is 0.306 e. The summed E-state index contributed by atoms with van der Waals surface area (Å²) in [6.45, 7) is 6.61. The molecule has 0 aliphatic rings. The van der Waals surface area contributed by atoms with Crippen molar-refractivity contribution in [2.75, 3.05) is 13.2 Å². The van der Waals surface area contributed by atoms with Gasteiger partial charge in [-0.15, -0.1) is 0 Å². The van der Waals surface area contributed by atoms with Crippen LogP contribution in [0.25, 0.3) is 0 Å². The number of unbranched alkanes of at least 4 members (excludes halogenated alkanes) is 44. The highest BCUT2D eigenvalue weighted by Gasteiger charge is 2.19. The fourth-order valence-electron chi connectivity index (χ4n) is 10.1. The summed E-state index contributed by atoms with van der Waals surface area (Å²) in [7, 11) is 0. The number of carbonyl (C=O) groups is 3. The number of allylic oxidation sites excluding steroid dienone is 8. The molecule has 0 heterocycles. The first-order valence-corrected chi connectivity index (χ1v) is 34.1. The van der Waals surface area contributed by atoms with Crippen molar-refractivity contribution >= 4 is 17.9 Å². The maximum atomic E-state index is 12.9. The molecule has 0 spiro atoms. The average Bonchev–Trinajstić information content (AvgIpc) is 3.43. The molecule has 0 rings (SSSR count). The summed E-state index contributed by atoms with van der Waals surface area (Å²) in [4.78, 5) is 38.2. The van der Waals surface area contributed by atoms with E-state index in [0.717, 1.165) is 77.0 Å². The summed E-state index contributed by atoms with van der Waals surface area (Å²) in [6, 6.07) is 0. The van der Waals surface area contributed by atoms with Crippen LogP contribution in [0.2, 0.25) is 0 Å². The fraction of sp³-hybridized carbons (Fsp3) is 0.845. The zero-order valence-electron chi connectivity index (χ0n) is 51.7. The van der Waals surface area contributed by atoms with Crippen LogP contribution in [0.4, 0.5) is 0 Å². The van der Waals surface area contributed by atoms with Gasteiger partial charge in [-0.3, -0.25) is 14.4 Å². The molecular weight excluding hydrogens is 949 g/mol. The Morgan fingerprint density at radius 2 is 0.494 bits per heavy atom. The van der Waals surface area contributed by atoms with Gasteiger partial charge in [0.1, 0.15) is 13.2 Å². The van der Waals surface area contributed by atoms with E-state index in [9.17, 15) is 14.4 Å². The topological polar surface area (TPSA) is 78.9 Å². The molecule has 0 aliphatic carbocycles. The minimum atomic E-state index is -0.777. The highest BCUT2D eigenvalue weighted by Crippen LogP contribution is 2.18. The van der Waals surface area contributed by atoms with Crippen LogP contribution in [0.1, 0.15) is 367 Å². The molecule has 0 aromatic rings. The summed E-state index contributed by atoms with van der Waals surface area (Å²) in [5.74, 6) is -0.869. The summed E-state index contributed by atoms with van der Waals surface area (Å²) in [6.07, 6.45) is 83.0. The summed E-state index contributed by atoms with van der Waals surface area (Å²) >= 11 is 0. The van der Waals surface area contributed by atoms with Crippen LogP contribution in [-0.2, 0) is 28.6 Å². The largest absolute Gasteiger partial charge is 0.462 e. The zero-order valence-corrected chi connectivity index (χ0v) is 51.7. The first kappa shape index (κ1) is 74.4. The lowest BCUT2D eigenvalue weighted by molar-refractivity contribution is -0.167. The summed E-state index contributed by atoms with van der Waals surface area (Å²) in [5, 5.41) is 0. The normalized spacial score (nSPS) is 12.3. The molecule has 0 fully saturated rings. The molecule has 6 heteroatoms. The number of hydrogen-bond donors (Lipinski definition) is 0. The van der Waals surface area contributed by atoms with E-state index in [0.29, 0.717) is 19.3 Å². The molecule has 0 aromatic heterocycles. The van der Waals surface area contributed by atoms with Crippen LogP contribution in [0.15, 0.2) is 48.6 Å². The van der Waals surface area contributed by atoms with Gasteiger partial charge in [-0.25, -0.2) is 0 Å². The van der Waals surface area contributed by atoms with Crippen LogP contribution in [0, 0.1) is 0 Å². The van der Waals surface area contributed by atoms with E-state index in [1.54, 1.807) is 0 Å².